The topological polar surface area (TPSA) is 43.6 Å². The molecule has 1 aromatic heterocycles. The number of oxime groups is 1. The molecule has 0 N–H and O–H groups in total. The number of rotatable bonds is 3. The van der Waals surface area contributed by atoms with E-state index in [0.717, 1.165) is 50.7 Å². The number of hydrogen-bond acceptors (Lipinski definition) is 3. The number of carbonyl (C=O) groups excluding carboxylic acids is 1. The summed E-state index contributed by atoms with van der Waals surface area (Å²) >= 11 is 3.52. The Kier molecular flexibility index (Phi) is 5.45. The Morgan fingerprint density at radius 1 is 1.00 bits per heavy atom. The summed E-state index contributed by atoms with van der Waals surface area (Å²) < 4.78 is 3.33. The lowest BCUT2D eigenvalue weighted by molar-refractivity contribution is 0.0516. The molecule has 5 heteroatoms. The third kappa shape index (κ3) is 4.13. The Bertz CT molecular complexity index is 1390. The molecule has 0 saturated carbocycles. The molecule has 5 rings (SSSR count). The molecule has 3 aromatic carbocycles. The van der Waals surface area contributed by atoms with Crippen LogP contribution in [0.1, 0.15) is 47.6 Å². The summed E-state index contributed by atoms with van der Waals surface area (Å²) in [6.45, 7) is 6.56. The van der Waals surface area contributed by atoms with E-state index >= 15 is 0 Å². The minimum atomic E-state index is -0.437. The molecule has 0 radical (unpaired) electrons. The molecule has 0 unspecified atom stereocenters. The maximum absolute atomic E-state index is 13.0. The molecule has 0 fully saturated rings. The van der Waals surface area contributed by atoms with Gasteiger partial charge in [-0.15, -0.1) is 0 Å². The lowest BCUT2D eigenvalue weighted by atomic mass is 9.76. The molecule has 0 saturated heterocycles. The monoisotopic (exact) mass is 500 g/mol. The van der Waals surface area contributed by atoms with E-state index in [0.29, 0.717) is 5.56 Å². The molecular weight excluding hydrogens is 476 g/mol. The summed E-state index contributed by atoms with van der Waals surface area (Å²) in [5.41, 5.74) is 5.83. The standard InChI is InChI=1S/C28H25BrN2O2/c1-18-15-24-25(30-33-27(32)23-10-6-8-19-7-4-5-9-22(19)23)16-28(2,3)17-26(24)31(18)21-13-11-20(29)12-14-21/h4-15H,16-17H2,1-3H3/b30-25+. The third-order valence-corrected chi connectivity index (χ3v) is 6.75. The van der Waals surface area contributed by atoms with Gasteiger partial charge in [-0.3, -0.25) is 0 Å². The number of nitrogens with zero attached hydrogens (tertiary/aromatic N) is 2. The van der Waals surface area contributed by atoms with Crippen LogP contribution in [0.3, 0.4) is 0 Å². The van der Waals surface area contributed by atoms with Crippen LogP contribution in [0.2, 0.25) is 0 Å². The molecule has 1 aliphatic rings. The summed E-state index contributed by atoms with van der Waals surface area (Å²) in [6.07, 6.45) is 1.66. The summed E-state index contributed by atoms with van der Waals surface area (Å²) in [6, 6.07) is 23.9. The second-order valence-electron chi connectivity index (χ2n) is 9.42. The molecule has 0 bridgehead atoms. The molecule has 0 atom stereocenters. The molecule has 4 aromatic rings. The SMILES string of the molecule is Cc1cc2c(n1-c1ccc(Br)cc1)CC(C)(C)C/C2=N\OC(=O)c1cccc2ccccc12. The molecule has 1 heterocycles. The van der Waals surface area contributed by atoms with Gasteiger partial charge >= 0.3 is 5.97 Å². The highest BCUT2D eigenvalue weighted by atomic mass is 79.9. The molecule has 0 spiro atoms. The Hall–Kier alpha value is -3.18. The first kappa shape index (κ1) is 21.7. The quantitative estimate of drug-likeness (QED) is 0.220. The van der Waals surface area contributed by atoms with Gasteiger partial charge < -0.3 is 9.40 Å². The summed E-state index contributed by atoms with van der Waals surface area (Å²) in [4.78, 5) is 18.5. The highest BCUT2D eigenvalue weighted by Gasteiger charge is 2.34. The molecule has 0 aliphatic heterocycles. The summed E-state index contributed by atoms with van der Waals surface area (Å²) in [5.74, 6) is -0.437. The van der Waals surface area contributed by atoms with E-state index in [1.807, 2.05) is 36.4 Å². The zero-order valence-corrected chi connectivity index (χ0v) is 20.5. The third-order valence-electron chi connectivity index (χ3n) is 6.22. The first-order valence-electron chi connectivity index (χ1n) is 11.1. The van der Waals surface area contributed by atoms with Crippen LogP contribution in [0.15, 0.2) is 82.4 Å². The number of aryl methyl sites for hydroxylation is 1. The van der Waals surface area contributed by atoms with Crippen LogP contribution in [0.4, 0.5) is 0 Å². The number of halogens is 1. The van der Waals surface area contributed by atoms with Crippen molar-refractivity contribution in [1.82, 2.24) is 4.57 Å². The van der Waals surface area contributed by atoms with Gasteiger partial charge in [-0.2, -0.15) is 0 Å². The normalized spacial score (nSPS) is 16.1. The minimum Gasteiger partial charge on any atom is -0.318 e. The van der Waals surface area contributed by atoms with Crippen LogP contribution in [-0.2, 0) is 11.3 Å². The van der Waals surface area contributed by atoms with Crippen LogP contribution >= 0.6 is 15.9 Å². The maximum Gasteiger partial charge on any atom is 0.366 e. The van der Waals surface area contributed by atoms with Crippen molar-refractivity contribution in [2.24, 2.45) is 10.6 Å². The van der Waals surface area contributed by atoms with Gasteiger partial charge in [0.15, 0.2) is 0 Å². The molecule has 1 aliphatic carbocycles. The summed E-state index contributed by atoms with van der Waals surface area (Å²) in [5, 5.41) is 6.28. The van der Waals surface area contributed by atoms with Crippen molar-refractivity contribution in [3.8, 4) is 5.69 Å². The average molecular weight is 501 g/mol. The molecule has 166 valence electrons. The predicted molar refractivity (Wildman–Crippen MR) is 136 cm³/mol. The van der Waals surface area contributed by atoms with E-state index in [-0.39, 0.29) is 5.41 Å². The van der Waals surface area contributed by atoms with Gasteiger partial charge in [-0.25, -0.2) is 4.79 Å². The molecule has 0 amide bonds. The summed E-state index contributed by atoms with van der Waals surface area (Å²) in [7, 11) is 0. The van der Waals surface area contributed by atoms with Gasteiger partial charge in [0.2, 0.25) is 0 Å². The van der Waals surface area contributed by atoms with E-state index in [2.05, 4.69) is 76.8 Å². The van der Waals surface area contributed by atoms with Crippen molar-refractivity contribution >= 4 is 38.4 Å². The van der Waals surface area contributed by atoms with Crippen LogP contribution in [0.25, 0.3) is 16.5 Å². The Morgan fingerprint density at radius 2 is 1.73 bits per heavy atom. The second-order valence-corrected chi connectivity index (χ2v) is 10.3. The zero-order chi connectivity index (χ0) is 23.2. The number of hydrogen-bond donors (Lipinski definition) is 0. The Morgan fingerprint density at radius 3 is 2.52 bits per heavy atom. The van der Waals surface area contributed by atoms with E-state index in [9.17, 15) is 4.79 Å². The van der Waals surface area contributed by atoms with Gasteiger partial charge in [0.05, 0.1) is 11.3 Å². The predicted octanol–water partition coefficient (Wildman–Crippen LogP) is 7.23. The minimum absolute atomic E-state index is 0.00437. The fourth-order valence-electron chi connectivity index (χ4n) is 4.76. The largest absolute Gasteiger partial charge is 0.366 e. The van der Waals surface area contributed by atoms with Gasteiger partial charge in [-0.1, -0.05) is 71.3 Å². The van der Waals surface area contributed by atoms with E-state index < -0.39 is 5.97 Å². The molecular formula is C28H25BrN2O2. The lowest BCUT2D eigenvalue weighted by Crippen LogP contribution is -2.28. The number of aromatic nitrogens is 1. The van der Waals surface area contributed by atoms with Crippen molar-refractivity contribution in [3.05, 3.63) is 99.8 Å². The Balaban J connectivity index is 1.53. The number of fused-ring (bicyclic) bond motifs is 2. The van der Waals surface area contributed by atoms with E-state index in [1.165, 1.54) is 5.69 Å². The van der Waals surface area contributed by atoms with Crippen molar-refractivity contribution in [2.45, 2.75) is 33.6 Å². The van der Waals surface area contributed by atoms with Gasteiger partial charge in [0.25, 0.3) is 0 Å². The maximum atomic E-state index is 13.0. The van der Waals surface area contributed by atoms with Crippen molar-refractivity contribution < 1.29 is 9.63 Å². The van der Waals surface area contributed by atoms with Crippen LogP contribution in [-0.4, -0.2) is 16.2 Å². The highest BCUT2D eigenvalue weighted by molar-refractivity contribution is 9.10. The van der Waals surface area contributed by atoms with E-state index in [1.54, 1.807) is 6.07 Å². The second kappa shape index (κ2) is 8.31. The number of carbonyl (C=O) groups is 1. The first-order chi connectivity index (χ1) is 15.8. The van der Waals surface area contributed by atoms with Crippen molar-refractivity contribution in [3.63, 3.8) is 0 Å². The van der Waals surface area contributed by atoms with Crippen LogP contribution in [0, 0.1) is 12.3 Å². The van der Waals surface area contributed by atoms with Crippen molar-refractivity contribution in [1.29, 1.82) is 0 Å². The molecule has 33 heavy (non-hydrogen) atoms. The van der Waals surface area contributed by atoms with Gasteiger partial charge in [0.1, 0.15) is 0 Å². The van der Waals surface area contributed by atoms with Gasteiger partial charge in [0, 0.05) is 27.1 Å². The van der Waals surface area contributed by atoms with Crippen LogP contribution < -0.4 is 0 Å². The van der Waals surface area contributed by atoms with E-state index in [4.69, 9.17) is 4.84 Å². The average Bonchev–Trinajstić information content (AvgIpc) is 3.12. The zero-order valence-electron chi connectivity index (χ0n) is 18.9. The van der Waals surface area contributed by atoms with Crippen molar-refractivity contribution in [2.75, 3.05) is 0 Å². The van der Waals surface area contributed by atoms with Crippen LogP contribution in [0.5, 0.6) is 0 Å². The smallest absolute Gasteiger partial charge is 0.318 e. The number of benzene rings is 3. The first-order valence-corrected chi connectivity index (χ1v) is 11.9. The molecule has 4 nitrogen and oxygen atoms in total. The lowest BCUT2D eigenvalue weighted by Gasteiger charge is -2.31. The fraction of sp³-hybridized carbons (Fsp3) is 0.214. The fourth-order valence-corrected chi connectivity index (χ4v) is 5.02. The Labute approximate surface area is 202 Å². The van der Waals surface area contributed by atoms with Gasteiger partial charge in [-0.05, 0) is 72.4 Å². The highest BCUT2D eigenvalue weighted by Crippen LogP contribution is 2.38.